The first-order valence-corrected chi connectivity index (χ1v) is 9.30. The maximum Gasteiger partial charge on any atom is 0.255 e. The van der Waals surface area contributed by atoms with Gasteiger partial charge in [-0.15, -0.1) is 0 Å². The number of rotatable bonds is 3. The maximum absolute atomic E-state index is 12.7. The van der Waals surface area contributed by atoms with Gasteiger partial charge in [0, 0.05) is 35.3 Å². The molecule has 2 aliphatic rings. The van der Waals surface area contributed by atoms with Gasteiger partial charge in [-0.05, 0) is 61.6 Å². The first kappa shape index (κ1) is 16.1. The highest BCUT2D eigenvalue weighted by Crippen LogP contribution is 2.40. The van der Waals surface area contributed by atoms with Crippen molar-refractivity contribution in [3.63, 3.8) is 0 Å². The van der Waals surface area contributed by atoms with Crippen molar-refractivity contribution >= 4 is 34.3 Å². The van der Waals surface area contributed by atoms with Crippen molar-refractivity contribution in [2.24, 2.45) is 0 Å². The Hall–Kier alpha value is -3.15. The molecule has 2 heterocycles. The van der Waals surface area contributed by atoms with Gasteiger partial charge in [-0.2, -0.15) is 0 Å². The second kappa shape index (κ2) is 6.23. The van der Waals surface area contributed by atoms with Gasteiger partial charge >= 0.3 is 0 Å². The Bertz CT molecular complexity index is 1070. The lowest BCUT2D eigenvalue weighted by Gasteiger charge is -2.10. The van der Waals surface area contributed by atoms with E-state index in [4.69, 9.17) is 4.42 Å². The first-order valence-electron chi connectivity index (χ1n) is 9.30. The van der Waals surface area contributed by atoms with E-state index in [-0.39, 0.29) is 11.8 Å². The summed E-state index contributed by atoms with van der Waals surface area (Å²) in [6, 6.07) is 10.9. The van der Waals surface area contributed by atoms with E-state index in [2.05, 4.69) is 15.6 Å². The number of nitrogens with one attached hydrogen (secondary N) is 2. The molecular formula is C21H19N3O3. The van der Waals surface area contributed by atoms with Crippen LogP contribution >= 0.6 is 0 Å². The van der Waals surface area contributed by atoms with E-state index in [0.717, 1.165) is 48.3 Å². The quantitative estimate of drug-likeness (QED) is 0.731. The van der Waals surface area contributed by atoms with Gasteiger partial charge in [0.1, 0.15) is 5.52 Å². The number of anilines is 2. The molecule has 2 aromatic carbocycles. The summed E-state index contributed by atoms with van der Waals surface area (Å²) < 4.78 is 5.82. The molecule has 136 valence electrons. The molecule has 3 aromatic rings. The zero-order chi connectivity index (χ0) is 18.4. The third kappa shape index (κ3) is 3.18. The summed E-state index contributed by atoms with van der Waals surface area (Å²) >= 11 is 0. The molecule has 0 radical (unpaired) electrons. The number of aryl methyl sites for hydroxylation is 1. The van der Waals surface area contributed by atoms with Crippen LogP contribution in [0.1, 0.15) is 53.4 Å². The number of carbonyl (C=O) groups is 2. The number of hydrogen-bond acceptors (Lipinski definition) is 4. The smallest absolute Gasteiger partial charge is 0.255 e. The molecule has 0 unspecified atom stereocenters. The van der Waals surface area contributed by atoms with E-state index in [1.807, 2.05) is 24.3 Å². The number of hydrogen-bond donors (Lipinski definition) is 2. The minimum absolute atomic E-state index is 0.0249. The molecule has 2 amide bonds. The SMILES string of the molecule is O=C1CCCc2cc(C(=O)Nc3ccc4nc(C5CC5)oc4c3)ccc2N1. The monoisotopic (exact) mass is 361 g/mol. The highest BCUT2D eigenvalue weighted by Gasteiger charge is 2.28. The Kier molecular flexibility index (Phi) is 3.70. The van der Waals surface area contributed by atoms with Crippen LogP contribution in [0.5, 0.6) is 0 Å². The maximum atomic E-state index is 12.7. The third-order valence-electron chi connectivity index (χ3n) is 5.08. The lowest BCUT2D eigenvalue weighted by Crippen LogP contribution is -2.13. The van der Waals surface area contributed by atoms with Gasteiger partial charge < -0.3 is 15.1 Å². The molecule has 1 saturated carbocycles. The third-order valence-corrected chi connectivity index (χ3v) is 5.08. The normalized spacial score (nSPS) is 16.5. The Labute approximate surface area is 156 Å². The summed E-state index contributed by atoms with van der Waals surface area (Å²) in [5, 5.41) is 5.81. The van der Waals surface area contributed by atoms with Crippen molar-refractivity contribution in [1.29, 1.82) is 0 Å². The summed E-state index contributed by atoms with van der Waals surface area (Å²) in [7, 11) is 0. The van der Waals surface area contributed by atoms with Crippen LogP contribution in [-0.2, 0) is 11.2 Å². The average Bonchev–Trinajstić information content (AvgIpc) is 3.44. The second-order valence-electron chi connectivity index (χ2n) is 7.24. The molecule has 1 aliphatic carbocycles. The standard InChI is InChI=1S/C21H19N3O3/c25-19-3-1-2-13-10-14(6-8-16(13)23-19)20(26)22-15-7-9-17-18(11-15)27-21(24-17)12-4-5-12/h6-12H,1-5H2,(H,22,26)(H,23,25). The molecule has 5 rings (SSSR count). The fraction of sp³-hybridized carbons (Fsp3) is 0.286. The predicted octanol–water partition coefficient (Wildman–Crippen LogP) is 4.23. The van der Waals surface area contributed by atoms with E-state index in [0.29, 0.717) is 29.2 Å². The van der Waals surface area contributed by atoms with Crippen LogP contribution in [0.4, 0.5) is 11.4 Å². The molecule has 6 heteroatoms. The zero-order valence-corrected chi connectivity index (χ0v) is 14.7. The first-order chi connectivity index (χ1) is 13.2. The largest absolute Gasteiger partial charge is 0.440 e. The molecule has 0 bridgehead atoms. The highest BCUT2D eigenvalue weighted by atomic mass is 16.3. The van der Waals surface area contributed by atoms with Crippen molar-refractivity contribution < 1.29 is 14.0 Å². The van der Waals surface area contributed by atoms with Crippen molar-refractivity contribution in [2.45, 2.75) is 38.0 Å². The Morgan fingerprint density at radius 3 is 2.89 bits per heavy atom. The van der Waals surface area contributed by atoms with Crippen LogP contribution in [0.15, 0.2) is 40.8 Å². The molecule has 0 saturated heterocycles. The molecule has 1 fully saturated rings. The van der Waals surface area contributed by atoms with Gasteiger partial charge in [0.05, 0.1) is 0 Å². The number of carbonyl (C=O) groups excluding carboxylic acids is 2. The van der Waals surface area contributed by atoms with Crippen molar-refractivity contribution in [1.82, 2.24) is 4.98 Å². The fourth-order valence-electron chi connectivity index (χ4n) is 3.44. The lowest BCUT2D eigenvalue weighted by molar-refractivity contribution is -0.116. The fourth-order valence-corrected chi connectivity index (χ4v) is 3.44. The molecule has 0 atom stereocenters. The Morgan fingerprint density at radius 2 is 2.04 bits per heavy atom. The second-order valence-corrected chi connectivity index (χ2v) is 7.24. The van der Waals surface area contributed by atoms with Crippen LogP contribution in [0.3, 0.4) is 0 Å². The van der Waals surface area contributed by atoms with E-state index >= 15 is 0 Å². The number of oxazole rings is 1. The summed E-state index contributed by atoms with van der Waals surface area (Å²) in [5.41, 5.74) is 4.54. The van der Waals surface area contributed by atoms with Gasteiger partial charge in [0.2, 0.25) is 5.91 Å². The average molecular weight is 361 g/mol. The van der Waals surface area contributed by atoms with Crippen LogP contribution < -0.4 is 10.6 Å². The number of benzene rings is 2. The molecule has 1 aromatic heterocycles. The minimum atomic E-state index is -0.186. The highest BCUT2D eigenvalue weighted by molar-refractivity contribution is 6.05. The van der Waals surface area contributed by atoms with Crippen molar-refractivity contribution in [3.8, 4) is 0 Å². The molecule has 0 spiro atoms. The van der Waals surface area contributed by atoms with Gasteiger partial charge in [-0.3, -0.25) is 9.59 Å². The lowest BCUT2D eigenvalue weighted by atomic mass is 10.0. The van der Waals surface area contributed by atoms with Crippen LogP contribution in [0.25, 0.3) is 11.1 Å². The number of nitrogens with zero attached hydrogens (tertiary/aromatic N) is 1. The molecule has 27 heavy (non-hydrogen) atoms. The Morgan fingerprint density at radius 1 is 1.15 bits per heavy atom. The van der Waals surface area contributed by atoms with E-state index in [1.165, 1.54) is 0 Å². The molecule has 2 N–H and O–H groups in total. The van der Waals surface area contributed by atoms with Crippen LogP contribution in [-0.4, -0.2) is 16.8 Å². The van der Waals surface area contributed by atoms with E-state index in [9.17, 15) is 9.59 Å². The number of aromatic nitrogens is 1. The van der Waals surface area contributed by atoms with Gasteiger partial charge in [0.15, 0.2) is 11.5 Å². The van der Waals surface area contributed by atoms with Gasteiger partial charge in [-0.1, -0.05) is 0 Å². The van der Waals surface area contributed by atoms with Crippen LogP contribution in [0.2, 0.25) is 0 Å². The number of amides is 2. The molecule has 6 nitrogen and oxygen atoms in total. The molecule has 1 aliphatic heterocycles. The zero-order valence-electron chi connectivity index (χ0n) is 14.7. The summed E-state index contributed by atoms with van der Waals surface area (Å²) in [6.07, 6.45) is 4.35. The summed E-state index contributed by atoms with van der Waals surface area (Å²) in [4.78, 5) is 28.8. The van der Waals surface area contributed by atoms with Gasteiger partial charge in [0.25, 0.3) is 5.91 Å². The van der Waals surface area contributed by atoms with E-state index in [1.54, 1.807) is 12.1 Å². The minimum Gasteiger partial charge on any atom is -0.440 e. The predicted molar refractivity (Wildman–Crippen MR) is 102 cm³/mol. The Balaban J connectivity index is 1.37. The number of fused-ring (bicyclic) bond motifs is 2. The van der Waals surface area contributed by atoms with E-state index < -0.39 is 0 Å². The topological polar surface area (TPSA) is 84.2 Å². The summed E-state index contributed by atoms with van der Waals surface area (Å²) in [6.45, 7) is 0. The van der Waals surface area contributed by atoms with Crippen molar-refractivity contribution in [3.05, 3.63) is 53.4 Å². The van der Waals surface area contributed by atoms with Crippen molar-refractivity contribution in [2.75, 3.05) is 10.6 Å². The van der Waals surface area contributed by atoms with Gasteiger partial charge in [-0.25, -0.2) is 4.98 Å². The summed E-state index contributed by atoms with van der Waals surface area (Å²) in [5.74, 6) is 1.09. The van der Waals surface area contributed by atoms with Crippen LogP contribution in [0, 0.1) is 0 Å². The molecular weight excluding hydrogens is 342 g/mol.